The van der Waals surface area contributed by atoms with E-state index in [0.717, 1.165) is 0 Å². The van der Waals surface area contributed by atoms with Crippen molar-refractivity contribution in [1.29, 1.82) is 0 Å². The highest BCUT2D eigenvalue weighted by Gasteiger charge is 2.20. The molecule has 0 bridgehead atoms. The molecule has 0 heterocycles. The minimum Gasteiger partial charge on any atom is -0.469 e. The molecule has 104 valence electrons. The largest absolute Gasteiger partial charge is 0.469 e. The second kappa shape index (κ2) is 7.23. The number of hydrogen-bond acceptors (Lipinski definition) is 3. The molecule has 0 unspecified atom stereocenters. The first-order valence-electron chi connectivity index (χ1n) is 5.81. The SMILES string of the molecule is CCN(CCC(=O)OC)C(=O)c1cccc(Br)c1F. The molecule has 4 nitrogen and oxygen atoms in total. The Labute approximate surface area is 119 Å². The van der Waals surface area contributed by atoms with Gasteiger partial charge in [0.1, 0.15) is 5.82 Å². The molecule has 1 aromatic carbocycles. The summed E-state index contributed by atoms with van der Waals surface area (Å²) in [6.45, 7) is 2.36. The van der Waals surface area contributed by atoms with E-state index in [1.165, 1.54) is 24.1 Å². The summed E-state index contributed by atoms with van der Waals surface area (Å²) in [5.74, 6) is -1.44. The minimum absolute atomic E-state index is 0.0129. The number of carbonyl (C=O) groups excluding carboxylic acids is 2. The van der Waals surface area contributed by atoms with Gasteiger partial charge in [0.05, 0.1) is 23.6 Å². The van der Waals surface area contributed by atoms with Crippen LogP contribution in [0.25, 0.3) is 0 Å². The van der Waals surface area contributed by atoms with Crippen LogP contribution in [-0.2, 0) is 9.53 Å². The Hall–Kier alpha value is -1.43. The molecule has 1 amide bonds. The van der Waals surface area contributed by atoms with Crippen LogP contribution in [-0.4, -0.2) is 37.0 Å². The van der Waals surface area contributed by atoms with E-state index >= 15 is 0 Å². The number of hydrogen-bond donors (Lipinski definition) is 0. The highest BCUT2D eigenvalue weighted by atomic mass is 79.9. The number of esters is 1. The Morgan fingerprint density at radius 3 is 2.68 bits per heavy atom. The molecule has 0 aliphatic heterocycles. The van der Waals surface area contributed by atoms with E-state index < -0.39 is 17.7 Å². The first-order chi connectivity index (χ1) is 9.01. The van der Waals surface area contributed by atoms with Crippen LogP contribution >= 0.6 is 15.9 Å². The van der Waals surface area contributed by atoms with Crippen molar-refractivity contribution in [2.24, 2.45) is 0 Å². The van der Waals surface area contributed by atoms with Gasteiger partial charge in [-0.15, -0.1) is 0 Å². The van der Waals surface area contributed by atoms with Crippen LogP contribution in [0.15, 0.2) is 22.7 Å². The van der Waals surface area contributed by atoms with E-state index in [4.69, 9.17) is 0 Å². The van der Waals surface area contributed by atoms with Gasteiger partial charge < -0.3 is 9.64 Å². The summed E-state index contributed by atoms with van der Waals surface area (Å²) in [7, 11) is 1.29. The van der Waals surface area contributed by atoms with Crippen LogP contribution in [0.4, 0.5) is 4.39 Å². The lowest BCUT2D eigenvalue weighted by molar-refractivity contribution is -0.140. The highest BCUT2D eigenvalue weighted by Crippen LogP contribution is 2.20. The molecule has 19 heavy (non-hydrogen) atoms. The third kappa shape index (κ3) is 4.02. The van der Waals surface area contributed by atoms with Gasteiger partial charge in [-0.1, -0.05) is 6.07 Å². The average Bonchev–Trinajstić information content (AvgIpc) is 2.41. The van der Waals surface area contributed by atoms with E-state index in [2.05, 4.69) is 20.7 Å². The number of rotatable bonds is 5. The van der Waals surface area contributed by atoms with E-state index in [0.29, 0.717) is 6.54 Å². The number of halogens is 2. The van der Waals surface area contributed by atoms with Gasteiger partial charge in [-0.25, -0.2) is 4.39 Å². The zero-order valence-corrected chi connectivity index (χ0v) is 12.4. The molecule has 6 heteroatoms. The molecule has 0 saturated heterocycles. The van der Waals surface area contributed by atoms with Gasteiger partial charge in [-0.3, -0.25) is 9.59 Å². The zero-order chi connectivity index (χ0) is 14.4. The first-order valence-corrected chi connectivity index (χ1v) is 6.60. The summed E-state index contributed by atoms with van der Waals surface area (Å²) in [6, 6.07) is 4.54. The van der Waals surface area contributed by atoms with Gasteiger partial charge in [-0.05, 0) is 35.0 Å². The van der Waals surface area contributed by atoms with E-state index in [9.17, 15) is 14.0 Å². The third-order valence-corrected chi connectivity index (χ3v) is 3.28. The summed E-state index contributed by atoms with van der Waals surface area (Å²) in [5.41, 5.74) is -0.0129. The van der Waals surface area contributed by atoms with Gasteiger partial charge in [0.2, 0.25) is 0 Å². The maximum Gasteiger partial charge on any atom is 0.307 e. The molecule has 1 aromatic rings. The summed E-state index contributed by atoms with van der Waals surface area (Å²) < 4.78 is 18.6. The fourth-order valence-corrected chi connectivity index (χ4v) is 1.94. The molecule has 0 aliphatic carbocycles. The summed E-state index contributed by atoms with van der Waals surface area (Å²) >= 11 is 3.04. The van der Waals surface area contributed by atoms with Crippen LogP contribution in [0.1, 0.15) is 23.7 Å². The van der Waals surface area contributed by atoms with Crippen molar-refractivity contribution < 1.29 is 18.7 Å². The smallest absolute Gasteiger partial charge is 0.307 e. The molecule has 0 fully saturated rings. The normalized spacial score (nSPS) is 10.1. The van der Waals surface area contributed by atoms with Crippen molar-refractivity contribution in [2.45, 2.75) is 13.3 Å². The standard InChI is InChI=1S/C13H15BrFNO3/c1-3-16(8-7-11(17)19-2)13(18)9-5-4-6-10(14)12(9)15/h4-6H,3,7-8H2,1-2H3. The first kappa shape index (κ1) is 15.6. The number of ether oxygens (including phenoxy) is 1. The van der Waals surface area contributed by atoms with Gasteiger partial charge in [0.25, 0.3) is 5.91 Å². The summed E-state index contributed by atoms with van der Waals surface area (Å²) in [5, 5.41) is 0. The Kier molecular flexibility index (Phi) is 5.95. The monoisotopic (exact) mass is 331 g/mol. The maximum absolute atomic E-state index is 13.8. The lowest BCUT2D eigenvalue weighted by Crippen LogP contribution is -2.33. The van der Waals surface area contributed by atoms with Crippen LogP contribution in [0.3, 0.4) is 0 Å². The molecule has 0 radical (unpaired) electrons. The van der Waals surface area contributed by atoms with Crippen molar-refractivity contribution >= 4 is 27.8 Å². The van der Waals surface area contributed by atoms with Gasteiger partial charge in [0, 0.05) is 13.1 Å². The fourth-order valence-electron chi connectivity index (χ4n) is 1.57. The van der Waals surface area contributed by atoms with Crippen LogP contribution < -0.4 is 0 Å². The third-order valence-electron chi connectivity index (χ3n) is 2.66. The lowest BCUT2D eigenvalue weighted by atomic mass is 10.2. The maximum atomic E-state index is 13.8. The summed E-state index contributed by atoms with van der Waals surface area (Å²) in [4.78, 5) is 24.6. The molecule has 0 saturated carbocycles. The van der Waals surface area contributed by atoms with Crippen molar-refractivity contribution in [3.05, 3.63) is 34.1 Å². The van der Waals surface area contributed by atoms with Crippen LogP contribution in [0.2, 0.25) is 0 Å². The second-order valence-corrected chi connectivity index (χ2v) is 4.67. The number of carbonyl (C=O) groups is 2. The van der Waals surface area contributed by atoms with Gasteiger partial charge in [0.15, 0.2) is 0 Å². The van der Waals surface area contributed by atoms with Crippen molar-refractivity contribution in [3.63, 3.8) is 0 Å². The van der Waals surface area contributed by atoms with E-state index in [-0.39, 0.29) is 23.0 Å². The quantitative estimate of drug-likeness (QED) is 0.779. The number of amides is 1. The van der Waals surface area contributed by atoms with Crippen molar-refractivity contribution in [3.8, 4) is 0 Å². The molecular formula is C13H15BrFNO3. The molecule has 0 aromatic heterocycles. The number of nitrogens with zero attached hydrogens (tertiary/aromatic N) is 1. The zero-order valence-electron chi connectivity index (χ0n) is 10.8. The van der Waals surface area contributed by atoms with Gasteiger partial charge >= 0.3 is 5.97 Å². The van der Waals surface area contributed by atoms with E-state index in [1.54, 1.807) is 13.0 Å². The Bertz CT molecular complexity index is 479. The number of benzene rings is 1. The molecule has 0 spiro atoms. The Balaban J connectivity index is 2.84. The molecule has 0 N–H and O–H groups in total. The van der Waals surface area contributed by atoms with Gasteiger partial charge in [-0.2, -0.15) is 0 Å². The van der Waals surface area contributed by atoms with Crippen LogP contribution in [0.5, 0.6) is 0 Å². The fraction of sp³-hybridized carbons (Fsp3) is 0.385. The predicted molar refractivity (Wildman–Crippen MR) is 72.3 cm³/mol. The highest BCUT2D eigenvalue weighted by molar-refractivity contribution is 9.10. The molecular weight excluding hydrogens is 317 g/mol. The van der Waals surface area contributed by atoms with Crippen LogP contribution in [0, 0.1) is 5.82 Å². The Morgan fingerprint density at radius 1 is 1.42 bits per heavy atom. The molecule has 0 atom stereocenters. The predicted octanol–water partition coefficient (Wildman–Crippen LogP) is 2.61. The summed E-state index contributed by atoms with van der Waals surface area (Å²) in [6.07, 6.45) is 0.0890. The Morgan fingerprint density at radius 2 is 2.11 bits per heavy atom. The van der Waals surface area contributed by atoms with E-state index in [1.807, 2.05) is 0 Å². The molecule has 0 aliphatic rings. The number of methoxy groups -OCH3 is 1. The topological polar surface area (TPSA) is 46.6 Å². The lowest BCUT2D eigenvalue weighted by Gasteiger charge is -2.20. The average molecular weight is 332 g/mol. The molecule has 1 rings (SSSR count). The second-order valence-electron chi connectivity index (χ2n) is 3.81. The minimum atomic E-state index is -0.594. The van der Waals surface area contributed by atoms with Crippen molar-refractivity contribution in [1.82, 2.24) is 4.90 Å². The van der Waals surface area contributed by atoms with Crippen molar-refractivity contribution in [2.75, 3.05) is 20.2 Å².